The minimum absolute atomic E-state index is 0.0192. The molecule has 2 aliphatic rings. The highest BCUT2D eigenvalue weighted by Gasteiger charge is 2.41. The van der Waals surface area contributed by atoms with E-state index in [4.69, 9.17) is 9.47 Å². The van der Waals surface area contributed by atoms with Crippen LogP contribution in [0.1, 0.15) is 97.1 Å². The molecule has 0 aromatic heterocycles. The number of esters is 2. The number of hydrogen-bond donors (Lipinski definition) is 0. The number of carbonyl (C=O) groups excluding carboxylic acids is 2. The number of carbonyl (C=O) groups is 2. The Hall–Kier alpha value is -2.62. The lowest BCUT2D eigenvalue weighted by Gasteiger charge is -2.46. The Morgan fingerprint density at radius 3 is 1.31 bits per heavy atom. The van der Waals surface area contributed by atoms with Crippen LogP contribution in [0, 0.1) is 31.1 Å². The van der Waals surface area contributed by atoms with Gasteiger partial charge in [0.2, 0.25) is 0 Å². The number of rotatable bonds is 6. The predicted octanol–water partition coefficient (Wildman–Crippen LogP) is 7.46. The first kappa shape index (κ1) is 25.5. The molecule has 0 saturated heterocycles. The van der Waals surface area contributed by atoms with E-state index >= 15 is 0 Å². The van der Waals surface area contributed by atoms with Gasteiger partial charge in [-0.1, -0.05) is 50.2 Å². The summed E-state index contributed by atoms with van der Waals surface area (Å²) in [5, 5.41) is 0. The second-order valence-electron chi connectivity index (χ2n) is 11.2. The van der Waals surface area contributed by atoms with Gasteiger partial charge in [-0.3, -0.25) is 0 Å². The largest absolute Gasteiger partial charge is 0.459 e. The fraction of sp³-hybridized carbons (Fsp3) is 0.548. The molecule has 2 aromatic carbocycles. The van der Waals surface area contributed by atoms with Crippen LogP contribution in [-0.2, 0) is 9.47 Å². The van der Waals surface area contributed by atoms with Crippen LogP contribution < -0.4 is 0 Å². The smallest absolute Gasteiger partial charge is 0.338 e. The zero-order chi connectivity index (χ0) is 25.0. The molecule has 2 aromatic rings. The minimum Gasteiger partial charge on any atom is -0.459 e. The molecule has 0 aliphatic heterocycles. The molecule has 2 saturated carbocycles. The molecule has 0 atom stereocenters. The highest BCUT2D eigenvalue weighted by atomic mass is 16.5. The summed E-state index contributed by atoms with van der Waals surface area (Å²) in [6.45, 7) is 8.74. The van der Waals surface area contributed by atoms with Crippen LogP contribution in [0.3, 0.4) is 0 Å². The molecular formula is C31H40O4. The Kier molecular flexibility index (Phi) is 7.98. The molecule has 2 aliphatic carbocycles. The van der Waals surface area contributed by atoms with E-state index in [0.29, 0.717) is 23.0 Å². The summed E-state index contributed by atoms with van der Waals surface area (Å²) in [5.74, 6) is 0.882. The molecular weight excluding hydrogens is 436 g/mol. The first-order chi connectivity index (χ1) is 16.8. The Balaban J connectivity index is 1.25. The maximum absolute atomic E-state index is 12.6. The summed E-state index contributed by atoms with van der Waals surface area (Å²) < 4.78 is 11.7. The lowest BCUT2D eigenvalue weighted by molar-refractivity contribution is -0.0199. The molecule has 0 amide bonds. The van der Waals surface area contributed by atoms with Crippen molar-refractivity contribution in [1.29, 1.82) is 0 Å². The van der Waals surface area contributed by atoms with E-state index < -0.39 is 0 Å². The summed E-state index contributed by atoms with van der Waals surface area (Å²) in [4.78, 5) is 25.2. The van der Waals surface area contributed by atoms with E-state index in [2.05, 4.69) is 13.8 Å². The van der Waals surface area contributed by atoms with Crippen molar-refractivity contribution in [2.24, 2.45) is 17.3 Å². The van der Waals surface area contributed by atoms with Gasteiger partial charge < -0.3 is 9.47 Å². The van der Waals surface area contributed by atoms with Gasteiger partial charge in [0.05, 0.1) is 11.1 Å². The Labute approximate surface area is 210 Å². The summed E-state index contributed by atoms with van der Waals surface area (Å²) in [6.07, 6.45) is 8.19. The van der Waals surface area contributed by atoms with Crippen molar-refractivity contribution in [1.82, 2.24) is 0 Å². The third-order valence-electron chi connectivity index (χ3n) is 8.73. The van der Waals surface area contributed by atoms with E-state index in [9.17, 15) is 9.59 Å². The SMILES string of the molecule is Cc1ccccc1C(=O)OC1CCC(C(C)(C)C2CCC(OC(=O)c3ccccc3C)CC2)CC1. The lowest BCUT2D eigenvalue weighted by Crippen LogP contribution is -2.39. The first-order valence-corrected chi connectivity index (χ1v) is 13.3. The van der Waals surface area contributed by atoms with Crippen molar-refractivity contribution in [2.75, 3.05) is 0 Å². The van der Waals surface area contributed by atoms with E-state index in [1.807, 2.05) is 62.4 Å². The monoisotopic (exact) mass is 476 g/mol. The van der Waals surface area contributed by atoms with Gasteiger partial charge in [-0.2, -0.15) is 0 Å². The highest BCUT2D eigenvalue weighted by molar-refractivity contribution is 5.91. The average Bonchev–Trinajstić information content (AvgIpc) is 2.85. The third kappa shape index (κ3) is 5.97. The Bertz CT molecular complexity index is 942. The third-order valence-corrected chi connectivity index (χ3v) is 8.73. The lowest BCUT2D eigenvalue weighted by atomic mass is 9.60. The van der Waals surface area contributed by atoms with Crippen LogP contribution in [0.15, 0.2) is 48.5 Å². The van der Waals surface area contributed by atoms with Gasteiger partial charge in [-0.05, 0) is 106 Å². The molecule has 0 bridgehead atoms. The maximum atomic E-state index is 12.6. The summed E-state index contributed by atoms with van der Waals surface area (Å²) >= 11 is 0. The average molecular weight is 477 g/mol. The van der Waals surface area contributed by atoms with Crippen LogP contribution in [0.4, 0.5) is 0 Å². The summed E-state index contributed by atoms with van der Waals surface area (Å²) in [5.41, 5.74) is 3.51. The molecule has 35 heavy (non-hydrogen) atoms. The Morgan fingerprint density at radius 1 is 0.629 bits per heavy atom. The summed E-state index contributed by atoms with van der Waals surface area (Å²) in [7, 11) is 0. The molecule has 0 unspecified atom stereocenters. The van der Waals surface area contributed by atoms with Gasteiger partial charge in [-0.25, -0.2) is 9.59 Å². The topological polar surface area (TPSA) is 52.6 Å². The predicted molar refractivity (Wildman–Crippen MR) is 138 cm³/mol. The molecule has 0 N–H and O–H groups in total. The minimum atomic E-state index is -0.190. The first-order valence-electron chi connectivity index (χ1n) is 13.3. The van der Waals surface area contributed by atoms with Gasteiger partial charge >= 0.3 is 11.9 Å². The van der Waals surface area contributed by atoms with Crippen molar-refractivity contribution < 1.29 is 19.1 Å². The van der Waals surface area contributed by atoms with Gasteiger partial charge in [-0.15, -0.1) is 0 Å². The molecule has 2 fully saturated rings. The van der Waals surface area contributed by atoms with E-state index in [1.165, 1.54) is 0 Å². The van der Waals surface area contributed by atoms with Gasteiger partial charge in [0.15, 0.2) is 0 Å². The fourth-order valence-corrected chi connectivity index (χ4v) is 6.22. The number of aryl methyl sites for hydroxylation is 2. The standard InChI is InChI=1S/C31H40O4/c1-21-9-5-7-11-27(21)29(32)34-25-17-13-23(14-18-25)31(3,4)24-15-19-26(20-16-24)35-30(33)28-12-8-6-10-22(28)2/h5-12,23-26H,13-20H2,1-4H3. The normalized spacial score (nSPS) is 25.0. The van der Waals surface area contributed by atoms with E-state index in [1.54, 1.807) is 0 Å². The van der Waals surface area contributed by atoms with E-state index in [-0.39, 0.29) is 29.6 Å². The Morgan fingerprint density at radius 2 is 0.971 bits per heavy atom. The van der Waals surface area contributed by atoms with Crippen LogP contribution >= 0.6 is 0 Å². The quantitative estimate of drug-likeness (QED) is 0.406. The molecule has 0 spiro atoms. The van der Waals surface area contributed by atoms with Gasteiger partial charge in [0.1, 0.15) is 12.2 Å². The molecule has 0 heterocycles. The van der Waals surface area contributed by atoms with Crippen molar-refractivity contribution in [3.05, 3.63) is 70.8 Å². The second kappa shape index (κ2) is 11.0. The number of hydrogen-bond acceptors (Lipinski definition) is 4. The second-order valence-corrected chi connectivity index (χ2v) is 11.2. The van der Waals surface area contributed by atoms with Crippen LogP contribution in [-0.4, -0.2) is 24.1 Å². The number of ether oxygens (including phenoxy) is 2. The van der Waals surface area contributed by atoms with Crippen molar-refractivity contribution >= 4 is 11.9 Å². The molecule has 188 valence electrons. The van der Waals surface area contributed by atoms with Crippen molar-refractivity contribution in [3.63, 3.8) is 0 Å². The van der Waals surface area contributed by atoms with E-state index in [0.717, 1.165) is 62.5 Å². The van der Waals surface area contributed by atoms with Crippen LogP contribution in [0.25, 0.3) is 0 Å². The number of benzene rings is 2. The zero-order valence-corrected chi connectivity index (χ0v) is 21.7. The maximum Gasteiger partial charge on any atom is 0.338 e. The van der Waals surface area contributed by atoms with Crippen molar-refractivity contribution in [3.8, 4) is 0 Å². The highest BCUT2D eigenvalue weighted by Crippen LogP contribution is 2.49. The van der Waals surface area contributed by atoms with Crippen LogP contribution in [0.5, 0.6) is 0 Å². The zero-order valence-electron chi connectivity index (χ0n) is 21.7. The van der Waals surface area contributed by atoms with Crippen LogP contribution in [0.2, 0.25) is 0 Å². The van der Waals surface area contributed by atoms with Crippen molar-refractivity contribution in [2.45, 2.75) is 91.3 Å². The molecule has 4 heteroatoms. The summed E-state index contributed by atoms with van der Waals surface area (Å²) in [6, 6.07) is 15.3. The molecule has 4 rings (SSSR count). The van der Waals surface area contributed by atoms with Gasteiger partial charge in [0, 0.05) is 0 Å². The molecule has 4 nitrogen and oxygen atoms in total. The fourth-order valence-electron chi connectivity index (χ4n) is 6.22. The molecule has 0 radical (unpaired) electrons. The van der Waals surface area contributed by atoms with Gasteiger partial charge in [0.25, 0.3) is 0 Å².